The van der Waals surface area contributed by atoms with E-state index in [4.69, 9.17) is 4.74 Å². The molecule has 3 fully saturated rings. The zero-order valence-corrected chi connectivity index (χ0v) is 13.3. The Bertz CT molecular complexity index is 471. The van der Waals surface area contributed by atoms with E-state index in [1.165, 1.54) is 45.2 Å². The number of piperidine rings is 2. The number of hydrogen-bond acceptors (Lipinski definition) is 5. The lowest BCUT2D eigenvalue weighted by Crippen LogP contribution is -2.49. The lowest BCUT2D eigenvalue weighted by molar-refractivity contribution is 0.0492. The maximum atomic E-state index is 5.55. The van der Waals surface area contributed by atoms with E-state index >= 15 is 0 Å². The highest BCUT2D eigenvalue weighted by Crippen LogP contribution is 2.42. The van der Waals surface area contributed by atoms with Crippen molar-refractivity contribution in [2.75, 3.05) is 44.3 Å². The molecule has 0 aromatic carbocycles. The van der Waals surface area contributed by atoms with Crippen molar-refractivity contribution in [2.45, 2.75) is 38.1 Å². The van der Waals surface area contributed by atoms with Crippen molar-refractivity contribution in [1.29, 1.82) is 0 Å². The summed E-state index contributed by atoms with van der Waals surface area (Å²) in [6, 6.07) is 2.58. The van der Waals surface area contributed by atoms with Crippen LogP contribution in [0.4, 0.5) is 5.95 Å². The van der Waals surface area contributed by atoms with Crippen LogP contribution in [0.25, 0.3) is 0 Å². The molecule has 3 aliphatic heterocycles. The van der Waals surface area contributed by atoms with Gasteiger partial charge in [0.05, 0.1) is 6.61 Å². The van der Waals surface area contributed by atoms with Gasteiger partial charge in [-0.05, 0) is 56.7 Å². The van der Waals surface area contributed by atoms with Crippen molar-refractivity contribution in [1.82, 2.24) is 14.9 Å². The summed E-state index contributed by atoms with van der Waals surface area (Å²) in [5.74, 6) is 0.901. The summed E-state index contributed by atoms with van der Waals surface area (Å²) in [5, 5.41) is 0. The van der Waals surface area contributed by atoms with Crippen LogP contribution in [-0.4, -0.2) is 60.3 Å². The molecule has 3 saturated heterocycles. The molecule has 0 bridgehead atoms. The van der Waals surface area contributed by atoms with Gasteiger partial charge in [0.2, 0.25) is 5.95 Å². The van der Waals surface area contributed by atoms with Gasteiger partial charge in [-0.1, -0.05) is 0 Å². The van der Waals surface area contributed by atoms with Gasteiger partial charge in [0.25, 0.3) is 0 Å². The Kier molecular flexibility index (Phi) is 4.01. The molecule has 0 amide bonds. The SMILES string of the molecule is c1cnc(N2CCC3(CC2)CCN([C@@H]2CCOC2)CC3)nc1. The van der Waals surface area contributed by atoms with Gasteiger partial charge < -0.3 is 9.64 Å². The average molecular weight is 302 g/mol. The van der Waals surface area contributed by atoms with Crippen LogP contribution in [0.3, 0.4) is 0 Å². The molecule has 0 N–H and O–H groups in total. The maximum Gasteiger partial charge on any atom is 0.225 e. The molecule has 4 rings (SSSR count). The van der Waals surface area contributed by atoms with Crippen molar-refractivity contribution in [3.8, 4) is 0 Å². The highest BCUT2D eigenvalue weighted by molar-refractivity contribution is 5.29. The van der Waals surface area contributed by atoms with Crippen LogP contribution in [0.5, 0.6) is 0 Å². The molecule has 120 valence electrons. The summed E-state index contributed by atoms with van der Waals surface area (Å²) in [6.45, 7) is 6.64. The van der Waals surface area contributed by atoms with Crippen molar-refractivity contribution in [2.24, 2.45) is 5.41 Å². The smallest absolute Gasteiger partial charge is 0.225 e. The Morgan fingerprint density at radius 1 is 1.00 bits per heavy atom. The van der Waals surface area contributed by atoms with E-state index < -0.39 is 0 Å². The number of ether oxygens (including phenoxy) is 1. The summed E-state index contributed by atoms with van der Waals surface area (Å²) < 4.78 is 5.55. The average Bonchev–Trinajstić information content (AvgIpc) is 3.12. The Morgan fingerprint density at radius 2 is 1.68 bits per heavy atom. The molecule has 1 atom stereocenters. The summed E-state index contributed by atoms with van der Waals surface area (Å²) in [7, 11) is 0. The summed E-state index contributed by atoms with van der Waals surface area (Å²) in [4.78, 5) is 13.8. The Hall–Kier alpha value is -1.20. The standard InChI is InChI=1S/C17H26N4O/c1-7-18-16(19-8-1)21-11-5-17(6-12-21)3-9-20(10-4-17)15-2-13-22-14-15/h1,7-8,15H,2-6,9-14H2/t15-/m1/s1. The molecular formula is C17H26N4O. The number of anilines is 1. The zero-order valence-electron chi connectivity index (χ0n) is 13.3. The van der Waals surface area contributed by atoms with Gasteiger partial charge in [-0.15, -0.1) is 0 Å². The summed E-state index contributed by atoms with van der Waals surface area (Å²) in [6.07, 6.45) is 10.2. The second kappa shape index (κ2) is 6.13. The first-order valence-corrected chi connectivity index (χ1v) is 8.69. The summed E-state index contributed by atoms with van der Waals surface area (Å²) in [5.41, 5.74) is 0.571. The zero-order chi connectivity index (χ0) is 14.8. The Balaban J connectivity index is 1.32. The molecule has 0 saturated carbocycles. The molecule has 5 heteroatoms. The third kappa shape index (κ3) is 2.84. The van der Waals surface area contributed by atoms with Crippen LogP contribution in [0.15, 0.2) is 18.5 Å². The molecule has 1 aromatic heterocycles. The fourth-order valence-electron chi connectivity index (χ4n) is 4.31. The fraction of sp³-hybridized carbons (Fsp3) is 0.765. The van der Waals surface area contributed by atoms with Crippen LogP contribution < -0.4 is 4.90 Å². The number of hydrogen-bond donors (Lipinski definition) is 0. The van der Waals surface area contributed by atoms with E-state index in [0.29, 0.717) is 11.5 Å². The minimum Gasteiger partial charge on any atom is -0.380 e. The predicted molar refractivity (Wildman–Crippen MR) is 85.9 cm³/mol. The van der Waals surface area contributed by atoms with Gasteiger partial charge in [-0.3, -0.25) is 4.90 Å². The Labute approximate surface area is 132 Å². The first kappa shape index (κ1) is 14.4. The van der Waals surface area contributed by atoms with Crippen molar-refractivity contribution in [3.63, 3.8) is 0 Å². The normalized spacial score (nSPS) is 29.1. The van der Waals surface area contributed by atoms with E-state index in [0.717, 1.165) is 32.3 Å². The first-order chi connectivity index (χ1) is 10.8. The Morgan fingerprint density at radius 3 is 2.32 bits per heavy atom. The number of rotatable bonds is 2. The predicted octanol–water partition coefficient (Wildman–Crippen LogP) is 1.95. The fourth-order valence-corrected chi connectivity index (χ4v) is 4.31. The molecule has 0 unspecified atom stereocenters. The van der Waals surface area contributed by atoms with Crippen molar-refractivity contribution >= 4 is 5.95 Å². The van der Waals surface area contributed by atoms with E-state index in [2.05, 4.69) is 19.8 Å². The first-order valence-electron chi connectivity index (χ1n) is 8.69. The highest BCUT2D eigenvalue weighted by atomic mass is 16.5. The van der Waals surface area contributed by atoms with E-state index in [9.17, 15) is 0 Å². The third-order valence-electron chi connectivity index (χ3n) is 5.94. The molecule has 3 aliphatic rings. The highest BCUT2D eigenvalue weighted by Gasteiger charge is 2.39. The molecule has 22 heavy (non-hydrogen) atoms. The van der Waals surface area contributed by atoms with Gasteiger partial charge in [0.1, 0.15) is 0 Å². The largest absolute Gasteiger partial charge is 0.380 e. The summed E-state index contributed by atoms with van der Waals surface area (Å²) >= 11 is 0. The lowest BCUT2D eigenvalue weighted by Gasteiger charge is -2.47. The second-order valence-electron chi connectivity index (χ2n) is 7.09. The molecular weight excluding hydrogens is 276 g/mol. The van der Waals surface area contributed by atoms with E-state index in [-0.39, 0.29) is 0 Å². The molecule has 4 heterocycles. The molecule has 1 aromatic rings. The van der Waals surface area contributed by atoms with Crippen LogP contribution in [0.2, 0.25) is 0 Å². The van der Waals surface area contributed by atoms with Gasteiger partial charge in [0.15, 0.2) is 0 Å². The quantitative estimate of drug-likeness (QED) is 0.835. The van der Waals surface area contributed by atoms with Gasteiger partial charge in [0, 0.05) is 38.1 Å². The van der Waals surface area contributed by atoms with Crippen LogP contribution in [0.1, 0.15) is 32.1 Å². The van der Waals surface area contributed by atoms with Gasteiger partial charge >= 0.3 is 0 Å². The molecule has 0 radical (unpaired) electrons. The van der Waals surface area contributed by atoms with Crippen LogP contribution in [0, 0.1) is 5.41 Å². The maximum absolute atomic E-state index is 5.55. The van der Waals surface area contributed by atoms with Gasteiger partial charge in [-0.2, -0.15) is 0 Å². The molecule has 1 spiro atoms. The van der Waals surface area contributed by atoms with Crippen LogP contribution >= 0.6 is 0 Å². The second-order valence-corrected chi connectivity index (χ2v) is 7.09. The van der Waals surface area contributed by atoms with Gasteiger partial charge in [-0.25, -0.2) is 9.97 Å². The van der Waals surface area contributed by atoms with E-state index in [1.54, 1.807) is 0 Å². The lowest BCUT2D eigenvalue weighted by atomic mass is 9.71. The van der Waals surface area contributed by atoms with E-state index in [1.807, 2.05) is 18.5 Å². The molecule has 5 nitrogen and oxygen atoms in total. The topological polar surface area (TPSA) is 41.5 Å². The number of nitrogens with zero attached hydrogens (tertiary/aromatic N) is 4. The monoisotopic (exact) mass is 302 g/mol. The van der Waals surface area contributed by atoms with Crippen LogP contribution in [-0.2, 0) is 4.74 Å². The molecule has 0 aliphatic carbocycles. The number of aromatic nitrogens is 2. The minimum atomic E-state index is 0.571. The minimum absolute atomic E-state index is 0.571. The van der Waals surface area contributed by atoms with Crippen molar-refractivity contribution in [3.05, 3.63) is 18.5 Å². The van der Waals surface area contributed by atoms with Crippen molar-refractivity contribution < 1.29 is 4.74 Å². The number of likely N-dealkylation sites (tertiary alicyclic amines) is 1. The third-order valence-corrected chi connectivity index (χ3v) is 5.94.